The fraction of sp³-hybridized carbons (Fsp3) is 0.625. The largest absolute Gasteiger partial charge is 0.466 e. The Balaban J connectivity index is 1.71. The first-order valence-electron chi connectivity index (χ1n) is 10.7. The second-order valence-electron chi connectivity index (χ2n) is 7.66. The summed E-state index contributed by atoms with van der Waals surface area (Å²) in [5.41, 5.74) is 1.20. The lowest BCUT2D eigenvalue weighted by Crippen LogP contribution is -2.21. The third-order valence-electron chi connectivity index (χ3n) is 5.32. The van der Waals surface area contributed by atoms with E-state index in [0.29, 0.717) is 19.6 Å². The van der Waals surface area contributed by atoms with Crippen molar-refractivity contribution < 1.29 is 23.7 Å². The summed E-state index contributed by atoms with van der Waals surface area (Å²) in [4.78, 5) is 12.3. The molecule has 1 saturated carbocycles. The molecular formula is C24H36O5. The summed E-state index contributed by atoms with van der Waals surface area (Å²) in [6, 6.07) is 10.3. The molecule has 0 heterocycles. The van der Waals surface area contributed by atoms with E-state index >= 15 is 0 Å². The average molecular weight is 405 g/mol. The molecule has 1 aromatic rings. The summed E-state index contributed by atoms with van der Waals surface area (Å²) in [7, 11) is 1.61. The van der Waals surface area contributed by atoms with Gasteiger partial charge in [0.05, 0.1) is 31.3 Å². The van der Waals surface area contributed by atoms with Crippen molar-refractivity contribution in [1.29, 1.82) is 0 Å². The van der Waals surface area contributed by atoms with Crippen LogP contribution in [0.25, 0.3) is 0 Å². The normalized spacial score (nSPS) is 22.8. The Labute approximate surface area is 175 Å². The number of carbonyl (C=O) groups is 1. The van der Waals surface area contributed by atoms with Gasteiger partial charge in [0.1, 0.15) is 6.79 Å². The minimum absolute atomic E-state index is 0.0467. The van der Waals surface area contributed by atoms with Crippen molar-refractivity contribution in [3.63, 3.8) is 0 Å². The summed E-state index contributed by atoms with van der Waals surface area (Å²) in [6.45, 7) is 5.30. The van der Waals surface area contributed by atoms with Crippen LogP contribution in [0.4, 0.5) is 0 Å². The summed E-state index contributed by atoms with van der Waals surface area (Å²) in [5, 5.41) is 0. The predicted octanol–water partition coefficient (Wildman–Crippen LogP) is 4.90. The van der Waals surface area contributed by atoms with Crippen molar-refractivity contribution in [3.8, 4) is 0 Å². The molecule has 4 atom stereocenters. The van der Waals surface area contributed by atoms with Crippen LogP contribution in [0.3, 0.4) is 0 Å². The van der Waals surface area contributed by atoms with Gasteiger partial charge in [-0.3, -0.25) is 4.79 Å². The first kappa shape index (κ1) is 23.6. The van der Waals surface area contributed by atoms with Gasteiger partial charge in [-0.25, -0.2) is 0 Å². The number of benzene rings is 1. The van der Waals surface area contributed by atoms with Crippen LogP contribution in [-0.4, -0.2) is 38.7 Å². The Hall–Kier alpha value is -1.69. The molecule has 0 radical (unpaired) electrons. The molecule has 1 aliphatic rings. The van der Waals surface area contributed by atoms with Crippen molar-refractivity contribution in [3.05, 3.63) is 48.0 Å². The second kappa shape index (κ2) is 13.5. The molecule has 0 amide bonds. The minimum Gasteiger partial charge on any atom is -0.466 e. The summed E-state index contributed by atoms with van der Waals surface area (Å²) < 4.78 is 21.9. The first-order valence-corrected chi connectivity index (χ1v) is 10.7. The lowest BCUT2D eigenvalue weighted by molar-refractivity contribution is -0.149. The van der Waals surface area contributed by atoms with Gasteiger partial charge < -0.3 is 18.9 Å². The standard InChI is InChI=1S/C24H36O5/c1-4-27-24(25)23-16-22(29-18-26-3)15-21(23)14-10-5-7-11-19(2)28-17-20-12-8-6-9-13-20/h6,8-10,12-14,19,21-23H,4-5,7,11,15-18H2,1-3H3/b14-10+/t19-,21+,22-,23+/m0/s1. The number of hydrogen-bond donors (Lipinski definition) is 0. The van der Waals surface area contributed by atoms with Gasteiger partial charge in [0, 0.05) is 7.11 Å². The lowest BCUT2D eigenvalue weighted by Gasteiger charge is -2.14. The van der Waals surface area contributed by atoms with Crippen LogP contribution in [0.2, 0.25) is 0 Å². The van der Waals surface area contributed by atoms with Crippen LogP contribution in [-0.2, 0) is 30.3 Å². The van der Waals surface area contributed by atoms with E-state index in [1.54, 1.807) is 7.11 Å². The maximum absolute atomic E-state index is 12.3. The molecule has 0 spiro atoms. The molecule has 5 heteroatoms. The molecule has 0 unspecified atom stereocenters. The van der Waals surface area contributed by atoms with Crippen LogP contribution in [0.1, 0.15) is 51.5 Å². The molecule has 29 heavy (non-hydrogen) atoms. The van der Waals surface area contributed by atoms with Crippen molar-refractivity contribution in [1.82, 2.24) is 0 Å². The average Bonchev–Trinajstić information content (AvgIpc) is 3.14. The van der Waals surface area contributed by atoms with E-state index in [4.69, 9.17) is 18.9 Å². The molecule has 2 rings (SSSR count). The van der Waals surface area contributed by atoms with Crippen LogP contribution < -0.4 is 0 Å². The number of methoxy groups -OCH3 is 1. The summed E-state index contributed by atoms with van der Waals surface area (Å²) >= 11 is 0. The molecule has 0 bridgehead atoms. The Bertz CT molecular complexity index is 601. The lowest BCUT2D eigenvalue weighted by atomic mass is 9.95. The van der Waals surface area contributed by atoms with Crippen LogP contribution in [0.15, 0.2) is 42.5 Å². The van der Waals surface area contributed by atoms with Gasteiger partial charge in [0.2, 0.25) is 0 Å². The molecule has 1 fully saturated rings. The van der Waals surface area contributed by atoms with Crippen LogP contribution in [0, 0.1) is 11.8 Å². The highest BCUT2D eigenvalue weighted by Gasteiger charge is 2.38. The monoisotopic (exact) mass is 404 g/mol. The maximum atomic E-state index is 12.3. The quantitative estimate of drug-likeness (QED) is 0.203. The minimum atomic E-state index is -0.124. The predicted molar refractivity (Wildman–Crippen MR) is 113 cm³/mol. The van der Waals surface area contributed by atoms with E-state index in [-0.39, 0.29) is 36.8 Å². The molecule has 0 saturated heterocycles. The fourth-order valence-corrected chi connectivity index (χ4v) is 3.75. The van der Waals surface area contributed by atoms with Crippen molar-refractivity contribution in [2.75, 3.05) is 20.5 Å². The van der Waals surface area contributed by atoms with Crippen LogP contribution >= 0.6 is 0 Å². The van der Waals surface area contributed by atoms with E-state index in [0.717, 1.165) is 25.7 Å². The van der Waals surface area contributed by atoms with Gasteiger partial charge >= 0.3 is 5.97 Å². The Morgan fingerprint density at radius 1 is 1.24 bits per heavy atom. The highest BCUT2D eigenvalue weighted by Crippen LogP contribution is 2.36. The molecule has 1 aliphatic carbocycles. The molecule has 5 nitrogen and oxygen atoms in total. The molecule has 0 aromatic heterocycles. The van der Waals surface area contributed by atoms with E-state index in [1.165, 1.54) is 5.56 Å². The second-order valence-corrected chi connectivity index (χ2v) is 7.66. The highest BCUT2D eigenvalue weighted by molar-refractivity contribution is 5.73. The summed E-state index contributed by atoms with van der Waals surface area (Å²) in [6.07, 6.45) is 9.23. The van der Waals surface area contributed by atoms with Gasteiger partial charge in [0.25, 0.3) is 0 Å². The molecule has 162 valence electrons. The number of unbranched alkanes of at least 4 members (excludes halogenated alkanes) is 1. The SMILES string of the molecule is CCOC(=O)[C@@H]1C[C@@H](OCOC)C[C@H]1/C=C/CCC[C@H](C)OCc1ccccc1. The number of allylic oxidation sites excluding steroid dienone is 2. The van der Waals surface area contributed by atoms with Crippen molar-refractivity contribution in [2.24, 2.45) is 11.8 Å². The number of ether oxygens (including phenoxy) is 4. The third kappa shape index (κ3) is 8.69. The molecular weight excluding hydrogens is 368 g/mol. The molecule has 0 N–H and O–H groups in total. The Morgan fingerprint density at radius 2 is 2.03 bits per heavy atom. The number of esters is 1. The van der Waals surface area contributed by atoms with Gasteiger partial charge in [-0.05, 0) is 57.4 Å². The Morgan fingerprint density at radius 3 is 2.76 bits per heavy atom. The Kier molecular flexibility index (Phi) is 11.0. The third-order valence-corrected chi connectivity index (χ3v) is 5.32. The van der Waals surface area contributed by atoms with Gasteiger partial charge in [-0.1, -0.05) is 42.5 Å². The first-order chi connectivity index (χ1) is 14.1. The zero-order valence-electron chi connectivity index (χ0n) is 18.0. The smallest absolute Gasteiger partial charge is 0.309 e. The van der Waals surface area contributed by atoms with Gasteiger partial charge in [-0.2, -0.15) is 0 Å². The van der Waals surface area contributed by atoms with E-state index in [1.807, 2.05) is 25.1 Å². The van der Waals surface area contributed by atoms with E-state index in [9.17, 15) is 4.79 Å². The topological polar surface area (TPSA) is 54.0 Å². The number of rotatable bonds is 13. The molecule has 0 aliphatic heterocycles. The molecule has 1 aromatic carbocycles. The highest BCUT2D eigenvalue weighted by atomic mass is 16.7. The van der Waals surface area contributed by atoms with E-state index in [2.05, 4.69) is 31.2 Å². The van der Waals surface area contributed by atoms with Crippen molar-refractivity contribution >= 4 is 5.97 Å². The van der Waals surface area contributed by atoms with Crippen molar-refractivity contribution in [2.45, 2.75) is 64.8 Å². The van der Waals surface area contributed by atoms with Gasteiger partial charge in [-0.15, -0.1) is 0 Å². The van der Waals surface area contributed by atoms with E-state index < -0.39 is 0 Å². The number of hydrogen-bond acceptors (Lipinski definition) is 5. The van der Waals surface area contributed by atoms with Gasteiger partial charge in [0.15, 0.2) is 0 Å². The zero-order valence-corrected chi connectivity index (χ0v) is 18.0. The fourth-order valence-electron chi connectivity index (χ4n) is 3.75. The number of carbonyl (C=O) groups excluding carboxylic acids is 1. The van der Waals surface area contributed by atoms with Crippen LogP contribution in [0.5, 0.6) is 0 Å². The maximum Gasteiger partial charge on any atom is 0.309 e. The summed E-state index contributed by atoms with van der Waals surface area (Å²) in [5.74, 6) is -0.0718. The zero-order chi connectivity index (χ0) is 20.9.